The van der Waals surface area contributed by atoms with Crippen molar-refractivity contribution in [2.75, 3.05) is 0 Å². The molecule has 0 aliphatic rings. The summed E-state index contributed by atoms with van der Waals surface area (Å²) >= 11 is 17.2. The van der Waals surface area contributed by atoms with E-state index in [1.807, 2.05) is 123 Å². The summed E-state index contributed by atoms with van der Waals surface area (Å²) < 4.78 is 0. The molecule has 0 saturated heterocycles. The van der Waals surface area contributed by atoms with Gasteiger partial charge in [-0.1, -0.05) is 109 Å². The molecule has 8 aromatic carbocycles. The first kappa shape index (κ1) is 47.6. The van der Waals surface area contributed by atoms with Gasteiger partial charge in [0.25, 0.3) is 0 Å². The van der Waals surface area contributed by atoms with Crippen molar-refractivity contribution < 1.29 is 20.4 Å². The summed E-state index contributed by atoms with van der Waals surface area (Å²) in [5, 5.41) is 37.1. The van der Waals surface area contributed by atoms with E-state index < -0.39 is 0 Å². The fourth-order valence-corrected chi connectivity index (χ4v) is 7.10. The maximum Gasteiger partial charge on any atom is 0.121 e. The molecular formula is C54H52O4S4. The molecule has 4 N–H and O–H groups in total. The zero-order valence-electron chi connectivity index (χ0n) is 35.2. The molecule has 316 valence electrons. The highest BCUT2D eigenvalue weighted by Gasteiger charge is 2.06. The number of thiol groups is 4. The number of rotatable bonds is 6. The molecule has 0 fully saturated rings. The number of aryl methyl sites for hydroxylation is 4. The third-order valence-electron chi connectivity index (χ3n) is 10.1. The van der Waals surface area contributed by atoms with Crippen LogP contribution in [0.1, 0.15) is 33.4 Å². The molecule has 62 heavy (non-hydrogen) atoms. The molecule has 0 atom stereocenters. The zero-order chi connectivity index (χ0) is 44.8. The van der Waals surface area contributed by atoms with E-state index in [9.17, 15) is 15.3 Å². The number of aliphatic hydroxyl groups excluding tert-OH is 1. The first-order chi connectivity index (χ1) is 29.7. The van der Waals surface area contributed by atoms with Gasteiger partial charge in [-0.05, 0) is 166 Å². The third kappa shape index (κ3) is 13.8. The molecular weight excluding hydrogens is 841 g/mol. The first-order valence-electron chi connectivity index (χ1n) is 19.9. The minimum absolute atomic E-state index is 0.0931. The molecule has 0 aromatic heterocycles. The van der Waals surface area contributed by atoms with E-state index >= 15 is 0 Å². The lowest BCUT2D eigenvalue weighted by Crippen LogP contribution is -1.85. The van der Waals surface area contributed by atoms with E-state index in [2.05, 4.69) is 101 Å². The van der Waals surface area contributed by atoms with Crippen molar-refractivity contribution in [1.29, 1.82) is 0 Å². The van der Waals surface area contributed by atoms with Crippen LogP contribution in [0.3, 0.4) is 0 Å². The van der Waals surface area contributed by atoms with Crippen molar-refractivity contribution in [1.82, 2.24) is 0 Å². The number of benzene rings is 8. The van der Waals surface area contributed by atoms with E-state index in [0.717, 1.165) is 81.6 Å². The van der Waals surface area contributed by atoms with Crippen LogP contribution in [-0.2, 0) is 12.4 Å². The molecule has 8 aromatic rings. The number of aromatic hydroxyl groups is 3. The van der Waals surface area contributed by atoms with Gasteiger partial charge in [-0.3, -0.25) is 0 Å². The van der Waals surface area contributed by atoms with Gasteiger partial charge >= 0.3 is 0 Å². The Hall–Kier alpha value is -5.48. The first-order valence-corrected chi connectivity index (χ1v) is 21.9. The number of aliphatic hydroxyl groups is 1. The van der Waals surface area contributed by atoms with E-state index in [1.165, 1.54) is 16.7 Å². The monoisotopic (exact) mass is 892 g/mol. The molecule has 0 radical (unpaired) electrons. The highest BCUT2D eigenvalue weighted by molar-refractivity contribution is 7.80. The lowest BCUT2D eigenvalue weighted by atomic mass is 10.00. The van der Waals surface area contributed by atoms with Gasteiger partial charge in [0.15, 0.2) is 0 Å². The molecule has 0 aliphatic heterocycles. The predicted molar refractivity (Wildman–Crippen MR) is 272 cm³/mol. The van der Waals surface area contributed by atoms with Crippen LogP contribution < -0.4 is 0 Å². The third-order valence-corrected chi connectivity index (χ3v) is 11.7. The highest BCUT2D eigenvalue weighted by Crippen LogP contribution is 2.31. The Morgan fingerprint density at radius 1 is 0.355 bits per heavy atom. The van der Waals surface area contributed by atoms with Gasteiger partial charge in [0.2, 0.25) is 0 Å². The van der Waals surface area contributed by atoms with Crippen LogP contribution >= 0.6 is 50.5 Å². The summed E-state index contributed by atoms with van der Waals surface area (Å²) in [6, 6.07) is 54.9. The van der Waals surface area contributed by atoms with Gasteiger partial charge in [-0.25, -0.2) is 0 Å². The van der Waals surface area contributed by atoms with Crippen molar-refractivity contribution in [2.24, 2.45) is 0 Å². The maximum atomic E-state index is 9.71. The Morgan fingerprint density at radius 2 is 0.629 bits per heavy atom. The van der Waals surface area contributed by atoms with Gasteiger partial charge < -0.3 is 20.4 Å². The Labute approximate surface area is 388 Å². The summed E-state index contributed by atoms with van der Waals surface area (Å²) in [5.74, 6) is 1.74. The quantitative estimate of drug-likeness (QED) is 0.0800. The smallest absolute Gasteiger partial charge is 0.121 e. The van der Waals surface area contributed by atoms with E-state index in [-0.39, 0.29) is 6.61 Å². The van der Waals surface area contributed by atoms with Gasteiger partial charge in [0.05, 0.1) is 6.61 Å². The van der Waals surface area contributed by atoms with Crippen molar-refractivity contribution in [3.8, 4) is 61.8 Å². The Kier molecular flexibility index (Phi) is 17.7. The van der Waals surface area contributed by atoms with Crippen molar-refractivity contribution in [3.05, 3.63) is 203 Å². The molecule has 4 nitrogen and oxygen atoms in total. The standard InChI is InChI=1S/2C14H14OS.2C13H12OS/c1-9-7-12(8-10(2)14(9)15)11-3-5-13(16)6-4-11;1-9-7-12(8-10(2)14(9)16)11-3-5-13(15)6-4-11;14-13-7-5-12(6-8-13)11-3-1-10(9-15)2-4-11;14-9-10-1-3-11(4-2-10)12-5-7-13(15)8-6-12/h2*3-8,15-16H,1-2H3;2*1-8,14-15H,9H2. The Bertz CT molecular complexity index is 2410. The average Bonchev–Trinajstić information content (AvgIpc) is 3.29. The van der Waals surface area contributed by atoms with Crippen molar-refractivity contribution >= 4 is 50.5 Å². The number of hydrogen-bond acceptors (Lipinski definition) is 8. The summed E-state index contributed by atoms with van der Waals surface area (Å²) in [4.78, 5) is 2.96. The normalized spacial score (nSPS) is 10.3. The lowest BCUT2D eigenvalue weighted by molar-refractivity contribution is 0.282. The van der Waals surface area contributed by atoms with E-state index in [4.69, 9.17) is 5.11 Å². The second-order valence-electron chi connectivity index (χ2n) is 14.8. The van der Waals surface area contributed by atoms with Crippen LogP contribution in [0, 0.1) is 27.7 Å². The second-order valence-corrected chi connectivity index (χ2v) is 16.6. The topological polar surface area (TPSA) is 80.9 Å². The van der Waals surface area contributed by atoms with Crippen LogP contribution in [0.15, 0.2) is 185 Å². The molecule has 0 heterocycles. The summed E-state index contributed by atoms with van der Waals surface area (Å²) in [5.41, 5.74) is 15.4. The zero-order valence-corrected chi connectivity index (χ0v) is 38.7. The molecule has 8 rings (SSSR count). The van der Waals surface area contributed by atoms with Gasteiger partial charge in [-0.15, -0.1) is 37.9 Å². The average molecular weight is 893 g/mol. The molecule has 0 amide bonds. The highest BCUT2D eigenvalue weighted by atomic mass is 32.1. The van der Waals surface area contributed by atoms with Gasteiger partial charge in [-0.2, -0.15) is 12.6 Å². The summed E-state index contributed by atoms with van der Waals surface area (Å²) in [7, 11) is 0. The van der Waals surface area contributed by atoms with Crippen LogP contribution in [0.2, 0.25) is 0 Å². The van der Waals surface area contributed by atoms with Gasteiger partial charge in [0, 0.05) is 20.4 Å². The molecule has 0 unspecified atom stereocenters. The number of phenolic OH excluding ortho intramolecular Hbond substituents is 3. The second kappa shape index (κ2) is 23.1. The van der Waals surface area contributed by atoms with Crippen LogP contribution in [-0.4, -0.2) is 20.4 Å². The minimum atomic E-state index is 0.0931. The lowest BCUT2D eigenvalue weighted by Gasteiger charge is -2.08. The van der Waals surface area contributed by atoms with E-state index in [1.54, 1.807) is 24.3 Å². The van der Waals surface area contributed by atoms with Gasteiger partial charge in [0.1, 0.15) is 17.2 Å². The van der Waals surface area contributed by atoms with Crippen molar-refractivity contribution in [3.63, 3.8) is 0 Å². The number of hydrogen-bond donors (Lipinski definition) is 8. The van der Waals surface area contributed by atoms with Crippen LogP contribution in [0.4, 0.5) is 0 Å². The van der Waals surface area contributed by atoms with E-state index in [0.29, 0.717) is 17.2 Å². The summed E-state index contributed by atoms with van der Waals surface area (Å²) in [6.07, 6.45) is 0. The fourth-order valence-electron chi connectivity index (χ4n) is 6.47. The van der Waals surface area contributed by atoms with Crippen LogP contribution in [0.5, 0.6) is 17.2 Å². The molecule has 0 aliphatic carbocycles. The Balaban J connectivity index is 0.000000156. The van der Waals surface area contributed by atoms with Crippen molar-refractivity contribution in [2.45, 2.75) is 54.7 Å². The summed E-state index contributed by atoms with van der Waals surface area (Å²) in [6.45, 7) is 8.03. The minimum Gasteiger partial charge on any atom is -0.508 e. The Morgan fingerprint density at radius 3 is 0.952 bits per heavy atom. The van der Waals surface area contributed by atoms with Crippen LogP contribution in [0.25, 0.3) is 44.5 Å². The molecule has 0 spiro atoms. The fraction of sp³-hybridized carbons (Fsp3) is 0.111. The molecule has 0 saturated carbocycles. The largest absolute Gasteiger partial charge is 0.508 e. The predicted octanol–water partition coefficient (Wildman–Crippen LogP) is 14.6. The number of phenols is 3. The molecule has 8 heteroatoms. The molecule has 0 bridgehead atoms. The maximum absolute atomic E-state index is 9.71. The SMILES string of the molecule is Cc1cc(-c2ccc(O)cc2)cc(C)c1S.Cc1cc(-c2ccc(S)cc2)cc(C)c1O.OCc1ccc(-c2ccc(S)cc2)cc1.Oc1ccc(-c2ccc(CS)cc2)cc1.